The van der Waals surface area contributed by atoms with E-state index in [2.05, 4.69) is 11.9 Å². The zero-order chi connectivity index (χ0) is 13.8. The van der Waals surface area contributed by atoms with Crippen LogP contribution in [0.4, 0.5) is 0 Å². The van der Waals surface area contributed by atoms with Crippen molar-refractivity contribution in [3.63, 3.8) is 0 Å². The van der Waals surface area contributed by atoms with Crippen LogP contribution in [-0.4, -0.2) is 23.1 Å². The Kier molecular flexibility index (Phi) is 2.84. The van der Waals surface area contributed by atoms with Crippen LogP contribution in [0.1, 0.15) is 49.6 Å². The lowest BCUT2D eigenvalue weighted by Crippen LogP contribution is -2.41. The van der Waals surface area contributed by atoms with E-state index in [1.165, 1.54) is 11.3 Å². The molecule has 1 aromatic heterocycles. The Hall–Kier alpha value is -1.13. The largest absolute Gasteiger partial charge is 0.322 e. The number of nitrogens with zero attached hydrogens (tertiary/aromatic N) is 2. The topological polar surface area (TPSA) is 51.3 Å². The first-order valence-electron chi connectivity index (χ1n) is 7.13. The maximum absolute atomic E-state index is 12.7. The van der Waals surface area contributed by atoms with Crippen LogP contribution in [0.15, 0.2) is 10.9 Å². The molecule has 0 atom stereocenters. The Morgan fingerprint density at radius 3 is 2.63 bits per heavy atom. The molecule has 104 valence electrons. The SMILES string of the molecule is CN1CCc2c(cc(C(C)(C)N)c(=O)n2C2CC2)C1. The molecule has 1 aliphatic heterocycles. The maximum Gasteiger partial charge on any atom is 0.256 e. The first kappa shape index (κ1) is 12.9. The van der Waals surface area contributed by atoms with Crippen molar-refractivity contribution in [1.82, 2.24) is 9.47 Å². The van der Waals surface area contributed by atoms with Gasteiger partial charge >= 0.3 is 0 Å². The molecule has 2 N–H and O–H groups in total. The van der Waals surface area contributed by atoms with Crippen LogP contribution in [0.25, 0.3) is 0 Å². The maximum atomic E-state index is 12.7. The van der Waals surface area contributed by atoms with Gasteiger partial charge in [-0.25, -0.2) is 0 Å². The highest BCUT2D eigenvalue weighted by Crippen LogP contribution is 2.36. The van der Waals surface area contributed by atoms with Crippen molar-refractivity contribution in [2.45, 2.75) is 51.2 Å². The quantitative estimate of drug-likeness (QED) is 0.874. The van der Waals surface area contributed by atoms with Crippen molar-refractivity contribution >= 4 is 0 Å². The third-order valence-electron chi connectivity index (χ3n) is 4.21. The van der Waals surface area contributed by atoms with Gasteiger partial charge in [0.15, 0.2) is 0 Å². The molecule has 1 aliphatic carbocycles. The van der Waals surface area contributed by atoms with Crippen molar-refractivity contribution in [3.05, 3.63) is 33.2 Å². The highest BCUT2D eigenvalue weighted by molar-refractivity contribution is 5.33. The van der Waals surface area contributed by atoms with E-state index in [9.17, 15) is 4.79 Å². The average Bonchev–Trinajstić information content (AvgIpc) is 3.11. The second-order valence-electron chi connectivity index (χ2n) is 6.65. The first-order chi connectivity index (χ1) is 8.88. The van der Waals surface area contributed by atoms with Crippen LogP contribution in [0.2, 0.25) is 0 Å². The monoisotopic (exact) mass is 261 g/mol. The van der Waals surface area contributed by atoms with Gasteiger partial charge in [0.2, 0.25) is 0 Å². The van der Waals surface area contributed by atoms with Crippen molar-refractivity contribution in [2.24, 2.45) is 5.73 Å². The predicted molar refractivity (Wildman–Crippen MR) is 76.2 cm³/mol. The molecule has 0 radical (unpaired) electrons. The summed E-state index contributed by atoms with van der Waals surface area (Å²) in [5.74, 6) is 0. The minimum Gasteiger partial charge on any atom is -0.322 e. The zero-order valence-electron chi connectivity index (χ0n) is 12.1. The molecule has 0 saturated heterocycles. The van der Waals surface area contributed by atoms with Crippen molar-refractivity contribution < 1.29 is 0 Å². The number of likely N-dealkylation sites (N-methyl/N-ethyl adjacent to an activating group) is 1. The zero-order valence-corrected chi connectivity index (χ0v) is 12.1. The Morgan fingerprint density at radius 1 is 1.37 bits per heavy atom. The number of hydrogen-bond donors (Lipinski definition) is 1. The van der Waals surface area contributed by atoms with Gasteiger partial charge in [-0.3, -0.25) is 4.79 Å². The Labute approximate surface area is 114 Å². The molecule has 0 aromatic carbocycles. The van der Waals surface area contributed by atoms with Gasteiger partial charge in [-0.05, 0) is 45.4 Å². The molecular weight excluding hydrogens is 238 g/mol. The number of fused-ring (bicyclic) bond motifs is 1. The molecule has 1 saturated carbocycles. The number of pyridine rings is 1. The fraction of sp³-hybridized carbons (Fsp3) is 0.667. The van der Waals surface area contributed by atoms with Crippen LogP contribution in [-0.2, 0) is 18.5 Å². The average molecular weight is 261 g/mol. The highest BCUT2D eigenvalue weighted by Gasteiger charge is 2.32. The first-order valence-corrected chi connectivity index (χ1v) is 7.13. The van der Waals surface area contributed by atoms with E-state index in [1.54, 1.807) is 0 Å². The molecule has 1 fully saturated rings. The second kappa shape index (κ2) is 4.18. The molecule has 0 spiro atoms. The molecule has 0 unspecified atom stereocenters. The number of hydrogen-bond acceptors (Lipinski definition) is 3. The van der Waals surface area contributed by atoms with Gasteiger partial charge in [0.1, 0.15) is 0 Å². The molecule has 4 heteroatoms. The summed E-state index contributed by atoms with van der Waals surface area (Å²) in [5, 5.41) is 0. The van der Waals surface area contributed by atoms with Crippen LogP contribution in [0.3, 0.4) is 0 Å². The van der Waals surface area contributed by atoms with Crippen LogP contribution in [0, 0.1) is 0 Å². The third-order valence-corrected chi connectivity index (χ3v) is 4.21. The van der Waals surface area contributed by atoms with Crippen LogP contribution in [0.5, 0.6) is 0 Å². The van der Waals surface area contributed by atoms with Gasteiger partial charge < -0.3 is 15.2 Å². The predicted octanol–water partition coefficient (Wildman–Crippen LogP) is 1.36. The van der Waals surface area contributed by atoms with Gasteiger partial charge in [-0.1, -0.05) is 0 Å². The van der Waals surface area contributed by atoms with Gasteiger partial charge in [0, 0.05) is 42.3 Å². The Bertz CT molecular complexity index is 564. The lowest BCUT2D eigenvalue weighted by molar-refractivity contribution is 0.303. The molecule has 4 nitrogen and oxygen atoms in total. The fourth-order valence-electron chi connectivity index (χ4n) is 2.99. The summed E-state index contributed by atoms with van der Waals surface area (Å²) in [6.45, 7) is 5.79. The van der Waals surface area contributed by atoms with Crippen LogP contribution < -0.4 is 11.3 Å². The van der Waals surface area contributed by atoms with E-state index in [0.717, 1.165) is 37.9 Å². The van der Waals surface area contributed by atoms with E-state index in [4.69, 9.17) is 5.73 Å². The normalized spacial score (nSPS) is 20.4. The van der Waals surface area contributed by atoms with Crippen molar-refractivity contribution in [2.75, 3.05) is 13.6 Å². The van der Waals surface area contributed by atoms with Gasteiger partial charge in [0.25, 0.3) is 5.56 Å². The summed E-state index contributed by atoms with van der Waals surface area (Å²) < 4.78 is 2.05. The van der Waals surface area contributed by atoms with E-state index >= 15 is 0 Å². The fourth-order valence-corrected chi connectivity index (χ4v) is 2.99. The molecule has 0 bridgehead atoms. The Morgan fingerprint density at radius 2 is 2.05 bits per heavy atom. The lowest BCUT2D eigenvalue weighted by atomic mass is 9.93. The second-order valence-corrected chi connectivity index (χ2v) is 6.65. The molecule has 1 aromatic rings. The molecule has 2 heterocycles. The van der Waals surface area contributed by atoms with E-state index in [1.807, 2.05) is 24.5 Å². The smallest absolute Gasteiger partial charge is 0.256 e. The van der Waals surface area contributed by atoms with Crippen molar-refractivity contribution in [3.8, 4) is 0 Å². The van der Waals surface area contributed by atoms with E-state index in [-0.39, 0.29) is 5.56 Å². The summed E-state index contributed by atoms with van der Waals surface area (Å²) in [7, 11) is 2.13. The number of aromatic nitrogens is 1. The summed E-state index contributed by atoms with van der Waals surface area (Å²) in [6.07, 6.45) is 3.25. The molecule has 0 amide bonds. The minimum absolute atomic E-state index is 0.137. The molecule has 2 aliphatic rings. The summed E-state index contributed by atoms with van der Waals surface area (Å²) in [6, 6.07) is 2.47. The van der Waals surface area contributed by atoms with Gasteiger partial charge in [-0.15, -0.1) is 0 Å². The molecular formula is C15H23N3O. The Balaban J connectivity index is 2.22. The number of nitrogens with two attached hydrogens (primary N) is 1. The van der Waals surface area contributed by atoms with Gasteiger partial charge in [0.05, 0.1) is 0 Å². The number of rotatable bonds is 2. The van der Waals surface area contributed by atoms with E-state index in [0.29, 0.717) is 6.04 Å². The van der Waals surface area contributed by atoms with E-state index < -0.39 is 5.54 Å². The highest BCUT2D eigenvalue weighted by atomic mass is 16.1. The van der Waals surface area contributed by atoms with Crippen LogP contribution >= 0.6 is 0 Å². The standard InChI is InChI=1S/C15H23N3O/c1-15(2,16)12-8-10-9-17(3)7-6-13(10)18(14(12)19)11-4-5-11/h8,11H,4-7,9,16H2,1-3H3. The van der Waals surface area contributed by atoms with Gasteiger partial charge in [-0.2, -0.15) is 0 Å². The summed E-state index contributed by atoms with van der Waals surface area (Å²) in [5.41, 5.74) is 9.05. The minimum atomic E-state index is -0.571. The molecule has 3 rings (SSSR count). The third kappa shape index (κ3) is 2.23. The van der Waals surface area contributed by atoms with Crippen molar-refractivity contribution in [1.29, 1.82) is 0 Å². The lowest BCUT2D eigenvalue weighted by Gasteiger charge is -2.30. The molecule has 19 heavy (non-hydrogen) atoms. The summed E-state index contributed by atoms with van der Waals surface area (Å²) >= 11 is 0. The summed E-state index contributed by atoms with van der Waals surface area (Å²) in [4.78, 5) is 15.0.